The van der Waals surface area contributed by atoms with Gasteiger partial charge >= 0.3 is 0 Å². The number of piperidine rings is 1. The molecule has 0 spiro atoms. The lowest BCUT2D eigenvalue weighted by Gasteiger charge is -2.47. The molecule has 1 heterocycles. The monoisotopic (exact) mass is 219 g/mol. The van der Waals surface area contributed by atoms with E-state index in [0.717, 1.165) is 12.8 Å². The van der Waals surface area contributed by atoms with Crippen LogP contribution >= 0.6 is 0 Å². The smallest absolute Gasteiger partial charge is 0.236 e. The molecule has 2 fully saturated rings. The minimum Gasteiger partial charge on any atom is -0.274 e. The summed E-state index contributed by atoms with van der Waals surface area (Å²) >= 11 is 0. The number of amides is 2. The fraction of sp³-hybridized carbons (Fsp3) is 0.692. The van der Waals surface area contributed by atoms with Crippen molar-refractivity contribution in [3.63, 3.8) is 0 Å². The van der Waals surface area contributed by atoms with Gasteiger partial charge in [-0.3, -0.25) is 14.5 Å². The Morgan fingerprint density at radius 1 is 1.44 bits per heavy atom. The molecule has 2 bridgehead atoms. The molecule has 2 amide bonds. The molecule has 1 aliphatic carbocycles. The zero-order valence-corrected chi connectivity index (χ0v) is 10.0. The van der Waals surface area contributed by atoms with Gasteiger partial charge in [0.15, 0.2) is 0 Å². The number of imide groups is 1. The average molecular weight is 219 g/mol. The van der Waals surface area contributed by atoms with Crippen LogP contribution in [0.2, 0.25) is 0 Å². The van der Waals surface area contributed by atoms with Gasteiger partial charge in [-0.05, 0) is 18.3 Å². The molecule has 2 rings (SSSR count). The van der Waals surface area contributed by atoms with Gasteiger partial charge in [0.2, 0.25) is 11.8 Å². The van der Waals surface area contributed by atoms with E-state index in [0.29, 0.717) is 0 Å². The maximum Gasteiger partial charge on any atom is 0.236 e. The first kappa shape index (κ1) is 11.2. The number of fused-ring (bicyclic) bond motifs is 2. The molecule has 1 saturated carbocycles. The highest BCUT2D eigenvalue weighted by Crippen LogP contribution is 2.59. The molecule has 3 nitrogen and oxygen atoms in total. The van der Waals surface area contributed by atoms with Gasteiger partial charge in [-0.1, -0.05) is 26.7 Å². The standard InChI is InChI=1S/C13H17NO2/c1-5-8-14-10(15)9-6-7-13(4,11(14)16)12(9,2)3/h1,9H,6-8H2,2-4H3/t9-,13-/m0/s1. The first-order chi connectivity index (χ1) is 7.36. The van der Waals surface area contributed by atoms with Gasteiger partial charge in [0.05, 0.1) is 12.0 Å². The van der Waals surface area contributed by atoms with Crippen molar-refractivity contribution >= 4 is 11.8 Å². The molecule has 2 aliphatic rings. The Balaban J connectivity index is 2.47. The van der Waals surface area contributed by atoms with E-state index >= 15 is 0 Å². The number of likely N-dealkylation sites (tertiary alicyclic amines) is 1. The second kappa shape index (κ2) is 3.10. The van der Waals surface area contributed by atoms with Gasteiger partial charge in [0, 0.05) is 5.92 Å². The summed E-state index contributed by atoms with van der Waals surface area (Å²) in [4.78, 5) is 25.7. The number of hydrogen-bond donors (Lipinski definition) is 0. The topological polar surface area (TPSA) is 37.4 Å². The molecular formula is C13H17NO2. The van der Waals surface area contributed by atoms with E-state index < -0.39 is 5.41 Å². The number of hydrogen-bond acceptors (Lipinski definition) is 2. The molecule has 0 aromatic rings. The number of nitrogens with zero attached hydrogens (tertiary/aromatic N) is 1. The highest BCUT2D eigenvalue weighted by molar-refractivity contribution is 6.04. The molecular weight excluding hydrogens is 202 g/mol. The van der Waals surface area contributed by atoms with Crippen LogP contribution in [0.4, 0.5) is 0 Å². The SMILES string of the molecule is C#CCN1C(=O)[C@@H]2CC[C@@](C)(C1=O)C2(C)C. The normalized spacial score (nSPS) is 36.4. The van der Waals surface area contributed by atoms with Crippen LogP contribution in [0.15, 0.2) is 0 Å². The van der Waals surface area contributed by atoms with Crippen LogP contribution in [0.25, 0.3) is 0 Å². The van der Waals surface area contributed by atoms with E-state index in [1.54, 1.807) is 0 Å². The first-order valence-electron chi connectivity index (χ1n) is 5.65. The summed E-state index contributed by atoms with van der Waals surface area (Å²) in [6.45, 7) is 6.12. The van der Waals surface area contributed by atoms with Crippen molar-refractivity contribution < 1.29 is 9.59 Å². The largest absolute Gasteiger partial charge is 0.274 e. The van der Waals surface area contributed by atoms with E-state index in [9.17, 15) is 9.59 Å². The van der Waals surface area contributed by atoms with Gasteiger partial charge in [-0.15, -0.1) is 6.42 Å². The molecule has 16 heavy (non-hydrogen) atoms. The minimum absolute atomic E-state index is 0.0523. The maximum atomic E-state index is 12.3. The third-order valence-corrected chi connectivity index (χ3v) is 4.76. The van der Waals surface area contributed by atoms with Crippen molar-refractivity contribution in [3.05, 3.63) is 0 Å². The molecule has 2 atom stereocenters. The van der Waals surface area contributed by atoms with E-state index in [-0.39, 0.29) is 29.7 Å². The summed E-state index contributed by atoms with van der Waals surface area (Å²) in [5.41, 5.74) is -0.672. The number of carbonyl (C=O) groups excluding carboxylic acids is 2. The van der Waals surface area contributed by atoms with Crippen LogP contribution in [-0.4, -0.2) is 23.3 Å². The van der Waals surface area contributed by atoms with Crippen molar-refractivity contribution in [1.29, 1.82) is 0 Å². The van der Waals surface area contributed by atoms with Gasteiger partial charge in [0.1, 0.15) is 0 Å². The Hall–Kier alpha value is -1.30. The predicted molar refractivity (Wildman–Crippen MR) is 60.2 cm³/mol. The van der Waals surface area contributed by atoms with Crippen LogP contribution in [0, 0.1) is 29.1 Å². The van der Waals surface area contributed by atoms with Crippen LogP contribution in [0.5, 0.6) is 0 Å². The van der Waals surface area contributed by atoms with Crippen LogP contribution < -0.4 is 0 Å². The Kier molecular flexibility index (Phi) is 2.17. The number of rotatable bonds is 1. The quantitative estimate of drug-likeness (QED) is 0.494. The molecule has 0 unspecified atom stereocenters. The summed E-state index contributed by atoms with van der Waals surface area (Å²) in [5, 5.41) is 0. The molecule has 1 aliphatic heterocycles. The summed E-state index contributed by atoms with van der Waals surface area (Å²) in [6, 6.07) is 0. The highest BCUT2D eigenvalue weighted by atomic mass is 16.2. The van der Waals surface area contributed by atoms with Crippen molar-refractivity contribution in [2.24, 2.45) is 16.7 Å². The minimum atomic E-state index is -0.428. The summed E-state index contributed by atoms with van der Waals surface area (Å²) in [6.07, 6.45) is 6.80. The van der Waals surface area contributed by atoms with Gasteiger partial charge in [-0.25, -0.2) is 0 Å². The van der Waals surface area contributed by atoms with Crippen LogP contribution in [0.3, 0.4) is 0 Å². The van der Waals surface area contributed by atoms with Crippen molar-refractivity contribution in [3.8, 4) is 12.3 Å². The lowest BCUT2D eigenvalue weighted by molar-refractivity contribution is -0.166. The molecule has 0 N–H and O–H groups in total. The molecule has 0 radical (unpaired) electrons. The zero-order valence-electron chi connectivity index (χ0n) is 10.0. The maximum absolute atomic E-state index is 12.3. The third kappa shape index (κ3) is 1.05. The van der Waals surface area contributed by atoms with Crippen molar-refractivity contribution in [2.45, 2.75) is 33.6 Å². The average Bonchev–Trinajstić information content (AvgIpc) is 2.40. The summed E-state index contributed by atoms with van der Waals surface area (Å²) < 4.78 is 0. The lowest BCUT2D eigenvalue weighted by Crippen LogP contribution is -2.59. The van der Waals surface area contributed by atoms with Crippen molar-refractivity contribution in [1.82, 2.24) is 4.90 Å². The lowest BCUT2D eigenvalue weighted by atomic mass is 9.62. The number of terminal acetylenes is 1. The summed E-state index contributed by atoms with van der Waals surface area (Å²) in [5.74, 6) is 2.17. The molecule has 0 aromatic carbocycles. The Bertz CT molecular complexity index is 405. The first-order valence-corrected chi connectivity index (χ1v) is 5.65. The van der Waals surface area contributed by atoms with Gasteiger partial charge in [0.25, 0.3) is 0 Å². The predicted octanol–water partition coefficient (Wildman–Crippen LogP) is 1.43. The fourth-order valence-corrected chi connectivity index (χ4v) is 3.14. The summed E-state index contributed by atoms with van der Waals surface area (Å²) in [7, 11) is 0. The van der Waals surface area contributed by atoms with Gasteiger partial charge in [-0.2, -0.15) is 0 Å². The van der Waals surface area contributed by atoms with Crippen molar-refractivity contribution in [2.75, 3.05) is 6.54 Å². The molecule has 86 valence electrons. The molecule has 3 heteroatoms. The van der Waals surface area contributed by atoms with Crippen LogP contribution in [-0.2, 0) is 9.59 Å². The van der Waals surface area contributed by atoms with E-state index in [1.165, 1.54) is 4.90 Å². The van der Waals surface area contributed by atoms with E-state index in [4.69, 9.17) is 6.42 Å². The van der Waals surface area contributed by atoms with Crippen LogP contribution in [0.1, 0.15) is 33.6 Å². The molecule has 0 aromatic heterocycles. The second-order valence-corrected chi connectivity index (χ2v) is 5.58. The Morgan fingerprint density at radius 2 is 2.06 bits per heavy atom. The van der Waals surface area contributed by atoms with E-state index in [1.807, 2.05) is 20.8 Å². The fourth-order valence-electron chi connectivity index (χ4n) is 3.14. The van der Waals surface area contributed by atoms with Gasteiger partial charge < -0.3 is 0 Å². The highest BCUT2D eigenvalue weighted by Gasteiger charge is 2.64. The van der Waals surface area contributed by atoms with E-state index in [2.05, 4.69) is 5.92 Å². The Labute approximate surface area is 96.2 Å². The zero-order chi connectivity index (χ0) is 12.1. The second-order valence-electron chi connectivity index (χ2n) is 5.58. The number of carbonyl (C=O) groups is 2. The Morgan fingerprint density at radius 3 is 2.62 bits per heavy atom. The molecule has 1 saturated heterocycles. The third-order valence-electron chi connectivity index (χ3n) is 4.76.